The Bertz CT molecular complexity index is 792. The van der Waals surface area contributed by atoms with Gasteiger partial charge in [-0.1, -0.05) is 0 Å². The van der Waals surface area contributed by atoms with Crippen LogP contribution in [-0.2, 0) is 14.6 Å². The molecule has 0 bridgehead atoms. The first-order valence-electron chi connectivity index (χ1n) is 10.1. The number of aryl methyl sites for hydroxylation is 1. The third-order valence-electron chi connectivity index (χ3n) is 4.71. The molecule has 172 valence electrons. The molecule has 0 amide bonds. The minimum atomic E-state index is -3.00. The van der Waals surface area contributed by atoms with E-state index in [0.29, 0.717) is 13.2 Å². The maximum Gasteiger partial charge on any atom is 0.191 e. The largest absolute Gasteiger partial charge is 0.378 e. The molecule has 7 nitrogen and oxygen atoms in total. The predicted octanol–water partition coefficient (Wildman–Crippen LogP) is 2.34. The van der Waals surface area contributed by atoms with Crippen molar-refractivity contribution in [3.05, 3.63) is 29.6 Å². The molecule has 0 spiro atoms. The van der Waals surface area contributed by atoms with Crippen LogP contribution in [-0.4, -0.2) is 71.8 Å². The monoisotopic (exact) mass is 556 g/mol. The molecule has 0 aliphatic carbocycles. The molecule has 1 heterocycles. The van der Waals surface area contributed by atoms with Gasteiger partial charge in [0.15, 0.2) is 5.96 Å². The number of piperidine rings is 1. The Labute approximate surface area is 196 Å². The fourth-order valence-electron chi connectivity index (χ4n) is 3.34. The van der Waals surface area contributed by atoms with Gasteiger partial charge in [-0.2, -0.15) is 0 Å². The molecule has 1 unspecified atom stereocenters. The minimum Gasteiger partial charge on any atom is -0.378 e. The number of anilines is 1. The van der Waals surface area contributed by atoms with Gasteiger partial charge in [-0.05, 0) is 50.5 Å². The Morgan fingerprint density at radius 3 is 2.80 bits per heavy atom. The minimum absolute atomic E-state index is 0. The number of ether oxygens (including phenoxy) is 1. The van der Waals surface area contributed by atoms with Gasteiger partial charge in [-0.3, -0.25) is 4.99 Å². The Morgan fingerprint density at radius 2 is 2.13 bits per heavy atom. The van der Waals surface area contributed by atoms with E-state index >= 15 is 0 Å². The van der Waals surface area contributed by atoms with Gasteiger partial charge in [0.2, 0.25) is 0 Å². The Morgan fingerprint density at radius 1 is 1.37 bits per heavy atom. The van der Waals surface area contributed by atoms with Gasteiger partial charge in [0.25, 0.3) is 0 Å². The quantitative estimate of drug-likeness (QED) is 0.210. The van der Waals surface area contributed by atoms with E-state index in [9.17, 15) is 12.8 Å². The lowest BCUT2D eigenvalue weighted by Crippen LogP contribution is -2.51. The van der Waals surface area contributed by atoms with Crippen molar-refractivity contribution in [2.75, 3.05) is 56.3 Å². The molecule has 1 aromatic rings. The number of nitrogens with zero attached hydrogens (tertiary/aromatic N) is 2. The van der Waals surface area contributed by atoms with Crippen molar-refractivity contribution in [3.8, 4) is 0 Å². The van der Waals surface area contributed by atoms with Crippen molar-refractivity contribution in [3.63, 3.8) is 0 Å². The molecule has 30 heavy (non-hydrogen) atoms. The molecule has 0 saturated carbocycles. The van der Waals surface area contributed by atoms with Crippen LogP contribution in [0.5, 0.6) is 0 Å². The van der Waals surface area contributed by atoms with Gasteiger partial charge in [0.1, 0.15) is 15.7 Å². The fraction of sp³-hybridized carbons (Fsp3) is 0.650. The lowest BCUT2D eigenvalue weighted by atomic mass is 10.0. The molecule has 1 aliphatic heterocycles. The van der Waals surface area contributed by atoms with Gasteiger partial charge < -0.3 is 20.3 Å². The summed E-state index contributed by atoms with van der Waals surface area (Å²) >= 11 is 0. The summed E-state index contributed by atoms with van der Waals surface area (Å²) in [4.78, 5) is 6.81. The number of rotatable bonds is 9. The van der Waals surface area contributed by atoms with Crippen LogP contribution in [0.4, 0.5) is 10.1 Å². The van der Waals surface area contributed by atoms with Crippen molar-refractivity contribution >= 4 is 45.5 Å². The predicted molar refractivity (Wildman–Crippen MR) is 131 cm³/mol. The van der Waals surface area contributed by atoms with Crippen molar-refractivity contribution in [2.45, 2.75) is 32.7 Å². The van der Waals surface area contributed by atoms with E-state index < -0.39 is 9.84 Å². The smallest absolute Gasteiger partial charge is 0.191 e. The van der Waals surface area contributed by atoms with Gasteiger partial charge in [-0.25, -0.2) is 12.8 Å². The molecule has 0 aromatic heterocycles. The third-order valence-corrected chi connectivity index (χ3v) is 5.62. The van der Waals surface area contributed by atoms with Crippen LogP contribution in [0.15, 0.2) is 23.2 Å². The summed E-state index contributed by atoms with van der Waals surface area (Å²) in [7, 11) is -3.00. The van der Waals surface area contributed by atoms with Crippen LogP contribution in [0.25, 0.3) is 0 Å². The Hall–Kier alpha value is -1.14. The zero-order valence-corrected chi connectivity index (χ0v) is 21.1. The van der Waals surface area contributed by atoms with Crippen molar-refractivity contribution in [1.82, 2.24) is 10.6 Å². The number of hydrogen-bond acceptors (Lipinski definition) is 5. The van der Waals surface area contributed by atoms with Crippen molar-refractivity contribution < 1.29 is 17.5 Å². The summed E-state index contributed by atoms with van der Waals surface area (Å²) in [5.74, 6) is 0.538. The number of benzene rings is 1. The van der Waals surface area contributed by atoms with E-state index in [0.717, 1.165) is 49.7 Å². The zero-order chi connectivity index (χ0) is 21.3. The molecule has 10 heteroatoms. The standard InChI is InChI=1S/C20H33FN4O3S.HI/c1-4-22-20(23-9-11-28-12-13-29(3,26)27)24-18-6-5-10-25(15-18)19-8-7-17(21)14-16(19)2;/h7-8,14,18H,4-6,9-13,15H2,1-3H3,(H2,22,23,24);1H. The average Bonchev–Trinajstić information content (AvgIpc) is 2.64. The number of halogens is 2. The lowest BCUT2D eigenvalue weighted by molar-refractivity contribution is 0.157. The second-order valence-corrected chi connectivity index (χ2v) is 9.62. The van der Waals surface area contributed by atoms with E-state index in [2.05, 4.69) is 20.5 Å². The van der Waals surface area contributed by atoms with Crippen molar-refractivity contribution in [2.24, 2.45) is 4.99 Å². The highest BCUT2D eigenvalue weighted by Crippen LogP contribution is 2.24. The summed E-state index contributed by atoms with van der Waals surface area (Å²) in [5, 5.41) is 6.71. The maximum absolute atomic E-state index is 13.4. The summed E-state index contributed by atoms with van der Waals surface area (Å²) in [5.41, 5.74) is 2.01. The molecular formula is C20H34FIN4O3S. The molecule has 1 saturated heterocycles. The highest BCUT2D eigenvalue weighted by atomic mass is 127. The van der Waals surface area contributed by atoms with Crippen molar-refractivity contribution in [1.29, 1.82) is 0 Å². The summed E-state index contributed by atoms with van der Waals surface area (Å²) < 4.78 is 40.9. The molecule has 1 atom stereocenters. The average molecular weight is 556 g/mol. The van der Waals surface area contributed by atoms with Crippen LogP contribution in [0, 0.1) is 12.7 Å². The molecule has 1 fully saturated rings. The first-order valence-corrected chi connectivity index (χ1v) is 12.2. The van der Waals surface area contributed by atoms with E-state index in [4.69, 9.17) is 4.74 Å². The summed E-state index contributed by atoms with van der Waals surface area (Å²) in [6.07, 6.45) is 3.27. The first-order chi connectivity index (χ1) is 13.8. The normalized spacial score (nSPS) is 17.4. The Kier molecular flexibility index (Phi) is 11.9. The highest BCUT2D eigenvalue weighted by Gasteiger charge is 2.22. The van der Waals surface area contributed by atoms with Crippen LogP contribution in [0.2, 0.25) is 0 Å². The van der Waals surface area contributed by atoms with Crippen LogP contribution in [0.3, 0.4) is 0 Å². The first kappa shape index (κ1) is 26.9. The lowest BCUT2D eigenvalue weighted by Gasteiger charge is -2.36. The molecule has 1 aliphatic rings. The van der Waals surface area contributed by atoms with E-state index in [1.807, 2.05) is 19.9 Å². The number of guanidine groups is 1. The van der Waals surface area contributed by atoms with Gasteiger partial charge in [-0.15, -0.1) is 24.0 Å². The zero-order valence-electron chi connectivity index (χ0n) is 18.0. The number of aliphatic imine (C=N–C) groups is 1. The van der Waals surface area contributed by atoms with Gasteiger partial charge in [0.05, 0.1) is 25.5 Å². The number of hydrogen-bond donors (Lipinski definition) is 2. The van der Waals surface area contributed by atoms with E-state index in [1.54, 1.807) is 6.07 Å². The Balaban J connectivity index is 0.00000450. The topological polar surface area (TPSA) is 83.0 Å². The maximum atomic E-state index is 13.4. The second-order valence-electron chi connectivity index (χ2n) is 7.36. The third kappa shape index (κ3) is 9.78. The van der Waals surface area contributed by atoms with Gasteiger partial charge >= 0.3 is 0 Å². The number of sulfone groups is 1. The van der Waals surface area contributed by atoms with Crippen LogP contribution >= 0.6 is 24.0 Å². The summed E-state index contributed by atoms with van der Waals surface area (Å²) in [6, 6.07) is 5.16. The number of nitrogens with one attached hydrogen (secondary N) is 2. The van der Waals surface area contributed by atoms with Crippen LogP contribution in [0.1, 0.15) is 25.3 Å². The second kappa shape index (κ2) is 13.3. The van der Waals surface area contributed by atoms with E-state index in [1.165, 1.54) is 12.3 Å². The highest BCUT2D eigenvalue weighted by molar-refractivity contribution is 14.0. The molecular weight excluding hydrogens is 522 g/mol. The van der Waals surface area contributed by atoms with Crippen LogP contribution < -0.4 is 15.5 Å². The fourth-order valence-corrected chi connectivity index (χ4v) is 3.76. The van der Waals surface area contributed by atoms with Gasteiger partial charge in [0, 0.05) is 37.6 Å². The molecule has 1 aromatic carbocycles. The molecule has 2 rings (SSSR count). The van der Waals surface area contributed by atoms with E-state index in [-0.39, 0.29) is 48.2 Å². The SMILES string of the molecule is CCNC(=NCCOCCS(C)(=O)=O)NC1CCCN(c2ccc(F)cc2C)C1.I. The molecule has 0 radical (unpaired) electrons. The summed E-state index contributed by atoms with van der Waals surface area (Å²) in [6.45, 7) is 7.47. The molecule has 2 N–H and O–H groups in total.